The second-order valence-electron chi connectivity index (χ2n) is 5.02. The van der Waals surface area contributed by atoms with Gasteiger partial charge in [0.25, 0.3) is 5.91 Å². The van der Waals surface area contributed by atoms with Gasteiger partial charge in [-0.25, -0.2) is 0 Å². The number of para-hydroxylation sites is 2. The normalized spacial score (nSPS) is 11.6. The maximum absolute atomic E-state index is 12.4. The number of rotatable bonds is 6. The highest BCUT2D eigenvalue weighted by Gasteiger charge is 2.20. The summed E-state index contributed by atoms with van der Waals surface area (Å²) in [6.07, 6.45) is -0.00644. The molecule has 1 N–H and O–H groups in total. The van der Waals surface area contributed by atoms with Gasteiger partial charge in [-0.3, -0.25) is 4.79 Å². The first-order valence-corrected chi connectivity index (χ1v) is 7.31. The molecule has 0 spiro atoms. The van der Waals surface area contributed by atoms with Gasteiger partial charge in [-0.05, 0) is 37.6 Å². The minimum atomic E-state index is -0.572. The van der Waals surface area contributed by atoms with Crippen LogP contribution in [-0.2, 0) is 4.79 Å². The molecule has 0 aliphatic rings. The summed E-state index contributed by atoms with van der Waals surface area (Å²) >= 11 is 0. The molecule has 0 aromatic heterocycles. The summed E-state index contributed by atoms with van der Waals surface area (Å²) in [7, 11) is 1.58. The van der Waals surface area contributed by atoms with Gasteiger partial charge in [-0.1, -0.05) is 36.8 Å². The molecule has 1 atom stereocenters. The van der Waals surface area contributed by atoms with Crippen LogP contribution < -0.4 is 14.8 Å². The molecule has 0 bridgehead atoms. The van der Waals surface area contributed by atoms with E-state index in [-0.39, 0.29) is 5.91 Å². The molecule has 0 aliphatic heterocycles. The van der Waals surface area contributed by atoms with Crippen molar-refractivity contribution in [1.82, 2.24) is 0 Å². The Labute approximate surface area is 131 Å². The number of ether oxygens (including phenoxy) is 2. The van der Waals surface area contributed by atoms with Crippen LogP contribution >= 0.6 is 0 Å². The first-order chi connectivity index (χ1) is 10.6. The molecular weight excluding hydrogens is 278 g/mol. The SMILES string of the molecule is CC[C@H](Oc1ccccc1OC)C(=O)Nc1ccc(C)cc1. The van der Waals surface area contributed by atoms with Crippen LogP contribution in [0, 0.1) is 6.92 Å². The second-order valence-corrected chi connectivity index (χ2v) is 5.02. The molecular formula is C18H21NO3. The number of anilines is 1. The molecule has 0 aliphatic carbocycles. The van der Waals surface area contributed by atoms with E-state index in [9.17, 15) is 4.79 Å². The maximum atomic E-state index is 12.4. The fourth-order valence-electron chi connectivity index (χ4n) is 2.05. The Kier molecular flexibility index (Phi) is 5.42. The predicted molar refractivity (Wildman–Crippen MR) is 87.5 cm³/mol. The summed E-state index contributed by atoms with van der Waals surface area (Å²) in [4.78, 5) is 12.4. The number of aryl methyl sites for hydroxylation is 1. The molecule has 2 aromatic carbocycles. The van der Waals surface area contributed by atoms with Crippen molar-refractivity contribution in [1.29, 1.82) is 0 Å². The Bertz CT molecular complexity index is 622. The molecule has 0 radical (unpaired) electrons. The Morgan fingerprint density at radius 1 is 1.09 bits per heavy atom. The van der Waals surface area contributed by atoms with Crippen LogP contribution in [0.2, 0.25) is 0 Å². The quantitative estimate of drug-likeness (QED) is 0.882. The first-order valence-electron chi connectivity index (χ1n) is 7.31. The number of nitrogens with one attached hydrogen (secondary N) is 1. The second kappa shape index (κ2) is 7.50. The van der Waals surface area contributed by atoms with Crippen LogP contribution in [-0.4, -0.2) is 19.1 Å². The average molecular weight is 299 g/mol. The van der Waals surface area contributed by atoms with Crippen molar-refractivity contribution in [2.45, 2.75) is 26.4 Å². The summed E-state index contributed by atoms with van der Waals surface area (Å²) in [6.45, 7) is 3.92. The Balaban J connectivity index is 2.07. The van der Waals surface area contributed by atoms with Gasteiger partial charge in [0.1, 0.15) is 0 Å². The van der Waals surface area contributed by atoms with Crippen LogP contribution in [0.15, 0.2) is 48.5 Å². The van der Waals surface area contributed by atoms with E-state index < -0.39 is 6.10 Å². The molecule has 1 amide bonds. The maximum Gasteiger partial charge on any atom is 0.265 e. The Hall–Kier alpha value is -2.49. The summed E-state index contributed by atoms with van der Waals surface area (Å²) in [5.74, 6) is 1.01. The largest absolute Gasteiger partial charge is 0.493 e. The molecule has 2 rings (SSSR count). The lowest BCUT2D eigenvalue weighted by atomic mass is 10.2. The van der Waals surface area contributed by atoms with Crippen molar-refractivity contribution in [3.8, 4) is 11.5 Å². The van der Waals surface area contributed by atoms with E-state index in [1.165, 1.54) is 0 Å². The van der Waals surface area contributed by atoms with E-state index in [1.54, 1.807) is 19.2 Å². The number of carbonyl (C=O) groups excluding carboxylic acids is 1. The first kappa shape index (κ1) is 15.9. The van der Waals surface area contributed by atoms with Gasteiger partial charge < -0.3 is 14.8 Å². The lowest BCUT2D eigenvalue weighted by Crippen LogP contribution is -2.32. The van der Waals surface area contributed by atoms with Crippen molar-refractivity contribution in [2.24, 2.45) is 0 Å². The topological polar surface area (TPSA) is 47.6 Å². The predicted octanol–water partition coefficient (Wildman–Crippen LogP) is 3.80. The van der Waals surface area contributed by atoms with Crippen molar-refractivity contribution >= 4 is 11.6 Å². The molecule has 22 heavy (non-hydrogen) atoms. The van der Waals surface area contributed by atoms with E-state index in [0.29, 0.717) is 17.9 Å². The summed E-state index contributed by atoms with van der Waals surface area (Å²) in [5, 5.41) is 2.87. The molecule has 0 heterocycles. The van der Waals surface area contributed by atoms with E-state index in [0.717, 1.165) is 11.3 Å². The van der Waals surface area contributed by atoms with E-state index in [4.69, 9.17) is 9.47 Å². The number of carbonyl (C=O) groups is 1. The smallest absolute Gasteiger partial charge is 0.265 e. The van der Waals surface area contributed by atoms with Gasteiger partial charge >= 0.3 is 0 Å². The van der Waals surface area contributed by atoms with Crippen molar-refractivity contribution in [2.75, 3.05) is 12.4 Å². The molecule has 4 heteroatoms. The summed E-state index contributed by atoms with van der Waals surface area (Å²) in [5.41, 5.74) is 1.91. The molecule has 2 aromatic rings. The van der Waals surface area contributed by atoms with Gasteiger partial charge in [-0.2, -0.15) is 0 Å². The Morgan fingerprint density at radius 3 is 2.32 bits per heavy atom. The van der Waals surface area contributed by atoms with Crippen LogP contribution in [0.25, 0.3) is 0 Å². The summed E-state index contributed by atoms with van der Waals surface area (Å²) < 4.78 is 11.1. The third kappa shape index (κ3) is 4.01. The minimum Gasteiger partial charge on any atom is -0.493 e. The van der Waals surface area contributed by atoms with E-state index in [1.807, 2.05) is 50.2 Å². The van der Waals surface area contributed by atoms with Gasteiger partial charge in [0.15, 0.2) is 17.6 Å². The van der Waals surface area contributed by atoms with Crippen LogP contribution in [0.1, 0.15) is 18.9 Å². The van der Waals surface area contributed by atoms with Crippen molar-refractivity contribution < 1.29 is 14.3 Å². The van der Waals surface area contributed by atoms with Gasteiger partial charge in [0.05, 0.1) is 7.11 Å². The minimum absolute atomic E-state index is 0.169. The number of benzene rings is 2. The van der Waals surface area contributed by atoms with Crippen molar-refractivity contribution in [3.63, 3.8) is 0 Å². The molecule has 0 saturated heterocycles. The van der Waals surface area contributed by atoms with E-state index >= 15 is 0 Å². The zero-order valence-corrected chi connectivity index (χ0v) is 13.1. The molecule has 0 saturated carbocycles. The number of methoxy groups -OCH3 is 1. The molecule has 116 valence electrons. The third-order valence-electron chi connectivity index (χ3n) is 3.32. The summed E-state index contributed by atoms with van der Waals surface area (Å²) in [6, 6.07) is 15.0. The standard InChI is InChI=1S/C18H21NO3/c1-4-15(22-17-8-6-5-7-16(17)21-3)18(20)19-14-11-9-13(2)10-12-14/h5-12,15H,4H2,1-3H3,(H,19,20)/t15-/m0/s1. The van der Waals surface area contributed by atoms with Gasteiger partial charge in [0.2, 0.25) is 0 Å². The fraction of sp³-hybridized carbons (Fsp3) is 0.278. The molecule has 4 nitrogen and oxygen atoms in total. The van der Waals surface area contributed by atoms with Crippen LogP contribution in [0.5, 0.6) is 11.5 Å². The highest BCUT2D eigenvalue weighted by atomic mass is 16.5. The van der Waals surface area contributed by atoms with Gasteiger partial charge in [-0.15, -0.1) is 0 Å². The van der Waals surface area contributed by atoms with E-state index in [2.05, 4.69) is 5.32 Å². The average Bonchev–Trinajstić information content (AvgIpc) is 2.55. The third-order valence-corrected chi connectivity index (χ3v) is 3.32. The number of hydrogen-bond donors (Lipinski definition) is 1. The highest BCUT2D eigenvalue weighted by Crippen LogP contribution is 2.27. The lowest BCUT2D eigenvalue weighted by Gasteiger charge is -2.18. The lowest BCUT2D eigenvalue weighted by molar-refractivity contribution is -0.122. The zero-order chi connectivity index (χ0) is 15.9. The monoisotopic (exact) mass is 299 g/mol. The molecule has 0 unspecified atom stereocenters. The number of amides is 1. The highest BCUT2D eigenvalue weighted by molar-refractivity contribution is 5.94. The van der Waals surface area contributed by atoms with Crippen LogP contribution in [0.3, 0.4) is 0 Å². The Morgan fingerprint density at radius 2 is 1.73 bits per heavy atom. The van der Waals surface area contributed by atoms with Gasteiger partial charge in [0, 0.05) is 5.69 Å². The number of hydrogen-bond acceptors (Lipinski definition) is 3. The molecule has 0 fully saturated rings. The van der Waals surface area contributed by atoms with Crippen LogP contribution in [0.4, 0.5) is 5.69 Å². The zero-order valence-electron chi connectivity index (χ0n) is 13.1. The van der Waals surface area contributed by atoms with Crippen molar-refractivity contribution in [3.05, 3.63) is 54.1 Å². The fourth-order valence-corrected chi connectivity index (χ4v) is 2.05.